The maximum absolute atomic E-state index is 13.2. The number of hydrogen-bond acceptors (Lipinski definition) is 6. The Morgan fingerprint density at radius 1 is 1.24 bits per heavy atom. The first-order valence-electron chi connectivity index (χ1n) is 8.52. The number of carbonyl (C=O) groups is 1. The van der Waals surface area contributed by atoms with Crippen LogP contribution in [0.5, 0.6) is 0 Å². The Balaban J connectivity index is 1.68. The van der Waals surface area contributed by atoms with Crippen molar-refractivity contribution in [3.8, 4) is 11.5 Å². The van der Waals surface area contributed by atoms with E-state index in [1.807, 2.05) is 11.0 Å². The summed E-state index contributed by atoms with van der Waals surface area (Å²) in [7, 11) is 0. The third-order valence-electron chi connectivity index (χ3n) is 4.75. The van der Waals surface area contributed by atoms with E-state index in [2.05, 4.69) is 10.1 Å². The summed E-state index contributed by atoms with van der Waals surface area (Å²) in [4.78, 5) is 19.6. The number of nitrogens with zero attached hydrogens (tertiary/aromatic N) is 3. The second kappa shape index (κ2) is 5.70. The van der Waals surface area contributed by atoms with Gasteiger partial charge in [0, 0.05) is 24.7 Å². The Morgan fingerprint density at radius 2 is 2.08 bits per heavy atom. The van der Waals surface area contributed by atoms with Crippen LogP contribution in [0.2, 0.25) is 0 Å². The van der Waals surface area contributed by atoms with Crippen LogP contribution in [0.15, 0.2) is 33.4 Å². The lowest BCUT2D eigenvalue weighted by atomic mass is 10.1. The van der Waals surface area contributed by atoms with Crippen molar-refractivity contribution in [3.63, 3.8) is 0 Å². The van der Waals surface area contributed by atoms with Gasteiger partial charge in [-0.1, -0.05) is 5.16 Å². The first-order chi connectivity index (χ1) is 12.3. The van der Waals surface area contributed by atoms with Gasteiger partial charge in [-0.05, 0) is 31.0 Å². The number of amides is 1. The van der Waals surface area contributed by atoms with Crippen LogP contribution in [0.3, 0.4) is 0 Å². The van der Waals surface area contributed by atoms with Gasteiger partial charge in [0.25, 0.3) is 11.6 Å². The standard InChI is InChI=1S/C18H17N3O4/c22-18(21-5-8-23-9-6-21)12-10-13(11-3-4-11)19-17-15(12)16(20-25-17)14-2-1-7-24-14/h1-2,7,10-11H,3-6,8-9H2. The van der Waals surface area contributed by atoms with Crippen molar-refractivity contribution in [1.82, 2.24) is 15.0 Å². The molecule has 128 valence electrons. The average Bonchev–Trinajstić information content (AvgIpc) is 3.20. The molecule has 3 aromatic rings. The minimum absolute atomic E-state index is 0.0337. The first kappa shape index (κ1) is 14.7. The molecule has 7 nitrogen and oxygen atoms in total. The van der Waals surface area contributed by atoms with E-state index in [0.717, 1.165) is 18.5 Å². The van der Waals surface area contributed by atoms with Gasteiger partial charge in [-0.2, -0.15) is 0 Å². The fourth-order valence-corrected chi connectivity index (χ4v) is 3.25. The van der Waals surface area contributed by atoms with Gasteiger partial charge in [-0.25, -0.2) is 4.98 Å². The van der Waals surface area contributed by atoms with Gasteiger partial charge in [-0.3, -0.25) is 4.79 Å². The molecule has 2 aliphatic rings. The molecule has 25 heavy (non-hydrogen) atoms. The van der Waals surface area contributed by atoms with Gasteiger partial charge in [0.1, 0.15) is 0 Å². The van der Waals surface area contributed by atoms with Gasteiger partial charge >= 0.3 is 0 Å². The summed E-state index contributed by atoms with van der Waals surface area (Å²) in [5.74, 6) is 0.946. The van der Waals surface area contributed by atoms with E-state index in [-0.39, 0.29) is 5.91 Å². The van der Waals surface area contributed by atoms with E-state index in [9.17, 15) is 4.79 Å². The number of hydrogen-bond donors (Lipinski definition) is 0. The summed E-state index contributed by atoms with van der Waals surface area (Å²) in [6.07, 6.45) is 3.77. The predicted octanol–water partition coefficient (Wildman–Crippen LogP) is 2.83. The molecule has 0 spiro atoms. The number of aromatic nitrogens is 2. The molecule has 1 aliphatic heterocycles. The van der Waals surface area contributed by atoms with Gasteiger partial charge in [-0.15, -0.1) is 0 Å². The van der Waals surface area contributed by atoms with E-state index in [1.54, 1.807) is 18.4 Å². The normalized spacial score (nSPS) is 18.0. The van der Waals surface area contributed by atoms with Crippen molar-refractivity contribution in [2.45, 2.75) is 18.8 Å². The van der Waals surface area contributed by atoms with Crippen LogP contribution >= 0.6 is 0 Å². The predicted molar refractivity (Wildman–Crippen MR) is 88.2 cm³/mol. The number of fused-ring (bicyclic) bond motifs is 1. The largest absolute Gasteiger partial charge is 0.463 e. The van der Waals surface area contributed by atoms with Crippen molar-refractivity contribution >= 4 is 17.0 Å². The third-order valence-corrected chi connectivity index (χ3v) is 4.75. The number of rotatable bonds is 3. The van der Waals surface area contributed by atoms with E-state index in [1.165, 1.54) is 0 Å². The minimum atomic E-state index is -0.0337. The van der Waals surface area contributed by atoms with E-state index >= 15 is 0 Å². The molecular formula is C18H17N3O4. The summed E-state index contributed by atoms with van der Waals surface area (Å²) in [5, 5.41) is 4.74. The second-order valence-electron chi connectivity index (χ2n) is 6.46. The topological polar surface area (TPSA) is 81.6 Å². The van der Waals surface area contributed by atoms with E-state index in [4.69, 9.17) is 13.7 Å². The maximum Gasteiger partial charge on any atom is 0.259 e. The molecule has 5 rings (SSSR count). The SMILES string of the molecule is O=C(c1cc(C2CC2)nc2onc(-c3ccco3)c12)N1CCOCC1. The van der Waals surface area contributed by atoms with Crippen molar-refractivity contribution in [2.75, 3.05) is 26.3 Å². The second-order valence-corrected chi connectivity index (χ2v) is 6.46. The summed E-state index contributed by atoms with van der Waals surface area (Å²) >= 11 is 0. The van der Waals surface area contributed by atoms with Crippen LogP contribution in [-0.2, 0) is 4.74 Å². The van der Waals surface area contributed by atoms with Gasteiger partial charge in [0.05, 0.1) is 30.4 Å². The smallest absolute Gasteiger partial charge is 0.259 e. The van der Waals surface area contributed by atoms with E-state index < -0.39 is 0 Å². The summed E-state index contributed by atoms with van der Waals surface area (Å²) in [6.45, 7) is 2.29. The molecule has 7 heteroatoms. The average molecular weight is 339 g/mol. The summed E-state index contributed by atoms with van der Waals surface area (Å²) in [6, 6.07) is 5.49. The van der Waals surface area contributed by atoms with Crippen molar-refractivity contribution < 1.29 is 18.5 Å². The Bertz CT molecular complexity index is 921. The quantitative estimate of drug-likeness (QED) is 0.730. The molecule has 3 aromatic heterocycles. The lowest BCUT2D eigenvalue weighted by Gasteiger charge is -2.27. The first-order valence-corrected chi connectivity index (χ1v) is 8.52. The van der Waals surface area contributed by atoms with Crippen molar-refractivity contribution in [2.24, 2.45) is 0 Å². The fourth-order valence-electron chi connectivity index (χ4n) is 3.25. The number of carbonyl (C=O) groups excluding carboxylic acids is 1. The Hall–Kier alpha value is -2.67. The highest BCUT2D eigenvalue weighted by Gasteiger charge is 2.31. The molecule has 0 aromatic carbocycles. The molecule has 0 unspecified atom stereocenters. The number of ether oxygens (including phenoxy) is 1. The van der Waals surface area contributed by atoms with Crippen LogP contribution < -0.4 is 0 Å². The molecule has 1 saturated carbocycles. The third kappa shape index (κ3) is 2.51. The van der Waals surface area contributed by atoms with Gasteiger partial charge in [0.15, 0.2) is 11.5 Å². The number of furan rings is 1. The minimum Gasteiger partial charge on any atom is -0.463 e. The zero-order valence-corrected chi connectivity index (χ0v) is 13.6. The Morgan fingerprint density at radius 3 is 2.80 bits per heavy atom. The zero-order valence-electron chi connectivity index (χ0n) is 13.6. The number of pyridine rings is 1. The van der Waals surface area contributed by atoms with Crippen molar-refractivity contribution in [1.29, 1.82) is 0 Å². The van der Waals surface area contributed by atoms with Crippen LogP contribution in [0, 0.1) is 0 Å². The van der Waals surface area contributed by atoms with Gasteiger partial charge < -0.3 is 18.6 Å². The highest BCUT2D eigenvalue weighted by atomic mass is 16.5. The van der Waals surface area contributed by atoms with Crippen LogP contribution in [0.25, 0.3) is 22.6 Å². The molecule has 2 fully saturated rings. The Labute approximate surface area is 143 Å². The molecule has 1 aliphatic carbocycles. The molecule has 0 atom stereocenters. The fraction of sp³-hybridized carbons (Fsp3) is 0.389. The molecule has 0 radical (unpaired) electrons. The van der Waals surface area contributed by atoms with Crippen molar-refractivity contribution in [3.05, 3.63) is 35.7 Å². The Kier molecular flexibility index (Phi) is 3.34. The lowest BCUT2D eigenvalue weighted by molar-refractivity contribution is 0.0304. The highest BCUT2D eigenvalue weighted by molar-refractivity contribution is 6.09. The lowest BCUT2D eigenvalue weighted by Crippen LogP contribution is -2.40. The molecule has 1 amide bonds. The number of morpholine rings is 1. The molecule has 0 bridgehead atoms. The van der Waals surface area contributed by atoms with Crippen LogP contribution in [0.1, 0.15) is 34.8 Å². The van der Waals surface area contributed by atoms with E-state index in [0.29, 0.717) is 60.3 Å². The molecule has 1 saturated heterocycles. The van der Waals surface area contributed by atoms with Crippen LogP contribution in [-0.4, -0.2) is 47.3 Å². The maximum atomic E-state index is 13.2. The van der Waals surface area contributed by atoms with Crippen LogP contribution in [0.4, 0.5) is 0 Å². The molecular weight excluding hydrogens is 322 g/mol. The van der Waals surface area contributed by atoms with Gasteiger partial charge in [0.2, 0.25) is 0 Å². The molecule has 4 heterocycles. The highest BCUT2D eigenvalue weighted by Crippen LogP contribution is 2.41. The monoisotopic (exact) mass is 339 g/mol. The molecule has 0 N–H and O–H groups in total. The zero-order chi connectivity index (χ0) is 16.8. The summed E-state index contributed by atoms with van der Waals surface area (Å²) in [5.41, 5.74) is 2.41. The summed E-state index contributed by atoms with van der Waals surface area (Å²) < 4.78 is 16.3.